The first-order chi connectivity index (χ1) is 9.56. The molecule has 8 nitrogen and oxygen atoms in total. The molecule has 2 rings (SSSR count). The zero-order valence-electron chi connectivity index (χ0n) is 10.4. The van der Waals surface area contributed by atoms with Gasteiger partial charge in [-0.1, -0.05) is 0 Å². The largest absolute Gasteiger partial charge is 0.506 e. The third-order valence-electron chi connectivity index (χ3n) is 2.62. The number of nitrogens with zero attached hydrogens (tertiary/aromatic N) is 3. The molecule has 0 spiro atoms. The van der Waals surface area contributed by atoms with Gasteiger partial charge in [-0.25, -0.2) is 4.98 Å². The first-order valence-corrected chi connectivity index (χ1v) is 5.79. The summed E-state index contributed by atoms with van der Waals surface area (Å²) >= 11 is 0. The predicted octanol–water partition coefficient (Wildman–Crippen LogP) is 1.53. The topological polar surface area (TPSA) is 110 Å². The number of aromatic nitrogens is 2. The summed E-state index contributed by atoms with van der Waals surface area (Å²) in [4.78, 5) is 25.6. The molecule has 0 saturated heterocycles. The molecule has 0 bridgehead atoms. The van der Waals surface area contributed by atoms with E-state index in [0.717, 1.165) is 12.1 Å². The van der Waals surface area contributed by atoms with Crippen LogP contribution in [0.4, 0.5) is 11.4 Å². The Hall–Kier alpha value is -2.90. The fraction of sp³-hybridized carbons (Fsp3) is 0.167. The first kappa shape index (κ1) is 13.5. The number of nitro groups is 1. The van der Waals surface area contributed by atoms with Gasteiger partial charge in [-0.15, -0.1) is 0 Å². The Morgan fingerprint density at radius 3 is 2.95 bits per heavy atom. The van der Waals surface area contributed by atoms with Gasteiger partial charge in [-0.05, 0) is 6.07 Å². The minimum Gasteiger partial charge on any atom is -0.506 e. The number of rotatable bonds is 5. The second kappa shape index (κ2) is 5.83. The Morgan fingerprint density at radius 1 is 1.50 bits per heavy atom. The monoisotopic (exact) mass is 276 g/mol. The van der Waals surface area contributed by atoms with Gasteiger partial charge in [0.15, 0.2) is 0 Å². The maximum Gasteiger partial charge on any atom is 0.271 e. The molecule has 8 heteroatoms. The lowest BCUT2D eigenvalue weighted by Gasteiger charge is -2.07. The molecule has 1 amide bonds. The summed E-state index contributed by atoms with van der Waals surface area (Å²) in [5.41, 5.74) is -0.178. The van der Waals surface area contributed by atoms with E-state index in [4.69, 9.17) is 0 Å². The molecule has 1 aromatic heterocycles. The quantitative estimate of drug-likeness (QED) is 0.488. The van der Waals surface area contributed by atoms with Gasteiger partial charge in [0.05, 0.1) is 16.9 Å². The molecule has 0 saturated carbocycles. The van der Waals surface area contributed by atoms with Crippen LogP contribution >= 0.6 is 0 Å². The number of amides is 1. The number of aryl methyl sites for hydroxylation is 1. The van der Waals surface area contributed by atoms with E-state index in [0.29, 0.717) is 6.54 Å². The Labute approximate surface area is 113 Å². The first-order valence-electron chi connectivity index (χ1n) is 5.79. The van der Waals surface area contributed by atoms with Crippen molar-refractivity contribution in [2.75, 3.05) is 5.32 Å². The van der Waals surface area contributed by atoms with E-state index in [1.54, 1.807) is 23.3 Å². The number of benzene rings is 1. The highest BCUT2D eigenvalue weighted by Crippen LogP contribution is 2.27. The average molecular weight is 276 g/mol. The zero-order chi connectivity index (χ0) is 14.5. The molecule has 0 unspecified atom stereocenters. The van der Waals surface area contributed by atoms with Crippen molar-refractivity contribution >= 4 is 17.3 Å². The summed E-state index contributed by atoms with van der Waals surface area (Å²) in [6.45, 7) is 0.432. The summed E-state index contributed by atoms with van der Waals surface area (Å²) < 4.78 is 1.73. The summed E-state index contributed by atoms with van der Waals surface area (Å²) in [7, 11) is 0. The lowest BCUT2D eigenvalue weighted by molar-refractivity contribution is -0.384. The number of carbonyl (C=O) groups excluding carboxylic acids is 1. The van der Waals surface area contributed by atoms with Crippen LogP contribution in [0.15, 0.2) is 36.9 Å². The molecule has 2 N–H and O–H groups in total. The van der Waals surface area contributed by atoms with Gasteiger partial charge in [-0.3, -0.25) is 14.9 Å². The summed E-state index contributed by atoms with van der Waals surface area (Å²) in [5.74, 6) is -0.568. The number of phenols is 1. The molecular formula is C12H12N4O4. The lowest BCUT2D eigenvalue weighted by atomic mass is 10.2. The molecule has 1 aromatic carbocycles. The number of hydrogen-bond acceptors (Lipinski definition) is 5. The van der Waals surface area contributed by atoms with Crippen molar-refractivity contribution in [1.82, 2.24) is 9.55 Å². The zero-order valence-corrected chi connectivity index (χ0v) is 10.4. The number of nitro benzene ring substituents is 1. The SMILES string of the molecule is O=C(CCn1ccnc1)Nc1cc([N+](=O)[O-])ccc1O. The number of imidazole rings is 1. The average Bonchev–Trinajstić information content (AvgIpc) is 2.92. The number of anilines is 1. The van der Waals surface area contributed by atoms with Crippen LogP contribution in [0.25, 0.3) is 0 Å². The number of non-ortho nitro benzene ring substituents is 1. The van der Waals surface area contributed by atoms with Crippen molar-refractivity contribution < 1.29 is 14.8 Å². The molecule has 0 fully saturated rings. The van der Waals surface area contributed by atoms with Crippen LogP contribution in [0, 0.1) is 10.1 Å². The van der Waals surface area contributed by atoms with E-state index in [1.807, 2.05) is 0 Å². The van der Waals surface area contributed by atoms with Crippen LogP contribution in [0.5, 0.6) is 5.75 Å². The van der Waals surface area contributed by atoms with Gasteiger partial charge in [0.2, 0.25) is 5.91 Å². The fourth-order valence-electron chi connectivity index (χ4n) is 1.60. The number of phenolic OH excluding ortho intramolecular Hbond substituents is 1. The maximum absolute atomic E-state index is 11.7. The van der Waals surface area contributed by atoms with E-state index >= 15 is 0 Å². The minimum absolute atomic E-state index is 0.0230. The summed E-state index contributed by atoms with van der Waals surface area (Å²) in [6, 6.07) is 3.45. The van der Waals surface area contributed by atoms with E-state index in [-0.39, 0.29) is 29.5 Å². The third-order valence-corrected chi connectivity index (χ3v) is 2.62. The van der Waals surface area contributed by atoms with Crippen LogP contribution < -0.4 is 5.32 Å². The normalized spacial score (nSPS) is 10.2. The van der Waals surface area contributed by atoms with Crippen LogP contribution in [0.1, 0.15) is 6.42 Å². The number of nitrogens with one attached hydrogen (secondary N) is 1. The van der Waals surface area contributed by atoms with Gasteiger partial charge < -0.3 is 15.0 Å². The second-order valence-electron chi connectivity index (χ2n) is 4.06. The molecule has 20 heavy (non-hydrogen) atoms. The molecule has 2 aromatic rings. The van der Waals surface area contributed by atoms with Crippen LogP contribution in [-0.4, -0.2) is 25.5 Å². The van der Waals surface area contributed by atoms with Crippen LogP contribution in [0.2, 0.25) is 0 Å². The van der Waals surface area contributed by atoms with Gasteiger partial charge in [0, 0.05) is 37.5 Å². The smallest absolute Gasteiger partial charge is 0.271 e. The molecular weight excluding hydrogens is 264 g/mol. The lowest BCUT2D eigenvalue weighted by Crippen LogP contribution is -2.14. The third kappa shape index (κ3) is 3.31. The molecule has 0 aliphatic rings. The van der Waals surface area contributed by atoms with Crippen molar-refractivity contribution in [1.29, 1.82) is 0 Å². The highest BCUT2D eigenvalue weighted by atomic mass is 16.6. The standard InChI is InChI=1S/C12H12N4O4/c17-11-2-1-9(16(19)20)7-10(11)14-12(18)3-5-15-6-4-13-8-15/h1-2,4,6-8,17H,3,5H2,(H,14,18). The highest BCUT2D eigenvalue weighted by Gasteiger charge is 2.12. The van der Waals surface area contributed by atoms with Crippen molar-refractivity contribution in [2.45, 2.75) is 13.0 Å². The molecule has 104 valence electrons. The Balaban J connectivity index is 2.00. The summed E-state index contributed by atoms with van der Waals surface area (Å²) in [5, 5.41) is 22.6. The van der Waals surface area contributed by atoms with Crippen molar-refractivity contribution in [3.05, 3.63) is 47.0 Å². The molecule has 0 aliphatic carbocycles. The van der Waals surface area contributed by atoms with Crippen LogP contribution in [0.3, 0.4) is 0 Å². The highest BCUT2D eigenvalue weighted by molar-refractivity contribution is 5.92. The Kier molecular flexibility index (Phi) is 3.94. The maximum atomic E-state index is 11.7. The molecule has 0 radical (unpaired) electrons. The van der Waals surface area contributed by atoms with Gasteiger partial charge in [0.25, 0.3) is 5.69 Å². The molecule has 1 heterocycles. The van der Waals surface area contributed by atoms with Gasteiger partial charge in [0.1, 0.15) is 5.75 Å². The Morgan fingerprint density at radius 2 is 2.30 bits per heavy atom. The summed E-state index contributed by atoms with van der Waals surface area (Å²) in [6.07, 6.45) is 5.07. The van der Waals surface area contributed by atoms with E-state index in [2.05, 4.69) is 10.3 Å². The minimum atomic E-state index is -0.597. The molecule has 0 aliphatic heterocycles. The van der Waals surface area contributed by atoms with E-state index < -0.39 is 4.92 Å². The number of aromatic hydroxyl groups is 1. The second-order valence-corrected chi connectivity index (χ2v) is 4.06. The fourth-order valence-corrected chi connectivity index (χ4v) is 1.60. The van der Waals surface area contributed by atoms with Crippen molar-refractivity contribution in [2.24, 2.45) is 0 Å². The predicted molar refractivity (Wildman–Crippen MR) is 70.2 cm³/mol. The Bertz CT molecular complexity index is 624. The van der Waals surface area contributed by atoms with Crippen LogP contribution in [-0.2, 0) is 11.3 Å². The van der Waals surface area contributed by atoms with Gasteiger partial charge >= 0.3 is 0 Å². The van der Waals surface area contributed by atoms with Crippen molar-refractivity contribution in [3.8, 4) is 5.75 Å². The number of carbonyl (C=O) groups is 1. The van der Waals surface area contributed by atoms with E-state index in [1.165, 1.54) is 6.07 Å². The van der Waals surface area contributed by atoms with E-state index in [9.17, 15) is 20.0 Å². The number of hydrogen-bond donors (Lipinski definition) is 2. The molecule has 0 atom stereocenters. The van der Waals surface area contributed by atoms with Gasteiger partial charge in [-0.2, -0.15) is 0 Å². The van der Waals surface area contributed by atoms with Crippen molar-refractivity contribution in [3.63, 3.8) is 0 Å².